The second-order valence-corrected chi connectivity index (χ2v) is 3.95. The van der Waals surface area contributed by atoms with Gasteiger partial charge in [0.05, 0.1) is 0 Å². The Hall–Kier alpha value is -1.26. The highest BCUT2D eigenvalue weighted by Gasteiger charge is 2.18. The molecule has 0 spiro atoms. The summed E-state index contributed by atoms with van der Waals surface area (Å²) < 4.78 is 0. The van der Waals surface area contributed by atoms with Crippen LogP contribution in [0.4, 0.5) is 0 Å². The van der Waals surface area contributed by atoms with Crippen LogP contribution in [0, 0.1) is 11.8 Å². The van der Waals surface area contributed by atoms with Crippen LogP contribution in [0.25, 0.3) is 0 Å². The second-order valence-electron chi connectivity index (χ2n) is 3.95. The van der Waals surface area contributed by atoms with Gasteiger partial charge >= 0.3 is 0 Å². The largest absolute Gasteiger partial charge is 0.409 e. The minimum absolute atomic E-state index is 0.0227. The molecular formula is C10H21N3O2. The Balaban J connectivity index is 4.24. The van der Waals surface area contributed by atoms with E-state index in [4.69, 9.17) is 10.9 Å². The lowest BCUT2D eigenvalue weighted by Crippen LogP contribution is -2.38. The van der Waals surface area contributed by atoms with Crippen LogP contribution in [-0.4, -0.2) is 35.4 Å². The number of rotatable bonds is 5. The maximum Gasteiger partial charge on any atom is 0.225 e. The van der Waals surface area contributed by atoms with Crippen LogP contribution in [0.1, 0.15) is 27.2 Å². The highest BCUT2D eigenvalue weighted by atomic mass is 16.4. The molecule has 0 saturated heterocycles. The molecule has 0 heterocycles. The molecule has 15 heavy (non-hydrogen) atoms. The fraction of sp³-hybridized carbons (Fsp3) is 0.800. The van der Waals surface area contributed by atoms with Crippen molar-refractivity contribution in [3.8, 4) is 0 Å². The van der Waals surface area contributed by atoms with Crippen molar-refractivity contribution >= 4 is 11.7 Å². The summed E-state index contributed by atoms with van der Waals surface area (Å²) in [5, 5.41) is 11.4. The molecule has 0 aromatic rings. The van der Waals surface area contributed by atoms with Crippen molar-refractivity contribution in [3.05, 3.63) is 0 Å². The van der Waals surface area contributed by atoms with E-state index in [2.05, 4.69) is 5.16 Å². The van der Waals surface area contributed by atoms with E-state index in [1.807, 2.05) is 20.8 Å². The van der Waals surface area contributed by atoms with Gasteiger partial charge in [-0.25, -0.2) is 0 Å². The Bertz CT molecular complexity index is 241. The van der Waals surface area contributed by atoms with Gasteiger partial charge in [-0.05, 0) is 6.42 Å². The molecule has 5 heteroatoms. The number of carbonyl (C=O) groups excluding carboxylic acids is 1. The molecule has 0 bridgehead atoms. The minimum atomic E-state index is -0.131. The van der Waals surface area contributed by atoms with Crippen LogP contribution in [0.3, 0.4) is 0 Å². The summed E-state index contributed by atoms with van der Waals surface area (Å²) in [7, 11) is 1.73. The summed E-state index contributed by atoms with van der Waals surface area (Å²) in [5.74, 6) is 0.136. The highest BCUT2D eigenvalue weighted by Crippen LogP contribution is 2.07. The van der Waals surface area contributed by atoms with Gasteiger partial charge in [-0.3, -0.25) is 4.79 Å². The van der Waals surface area contributed by atoms with Crippen molar-refractivity contribution in [2.24, 2.45) is 22.7 Å². The van der Waals surface area contributed by atoms with E-state index in [1.165, 1.54) is 0 Å². The van der Waals surface area contributed by atoms with E-state index in [0.29, 0.717) is 6.54 Å². The van der Waals surface area contributed by atoms with Gasteiger partial charge in [-0.2, -0.15) is 0 Å². The molecule has 0 aliphatic carbocycles. The number of nitrogens with zero attached hydrogens (tertiary/aromatic N) is 2. The molecule has 0 fully saturated rings. The number of amidine groups is 1. The van der Waals surface area contributed by atoms with Crippen molar-refractivity contribution in [1.29, 1.82) is 0 Å². The number of nitrogens with two attached hydrogens (primary N) is 1. The van der Waals surface area contributed by atoms with Crippen LogP contribution in [-0.2, 0) is 4.79 Å². The van der Waals surface area contributed by atoms with E-state index < -0.39 is 0 Å². The van der Waals surface area contributed by atoms with Crippen LogP contribution >= 0.6 is 0 Å². The fourth-order valence-electron chi connectivity index (χ4n) is 1.24. The normalized spacial score (nSPS) is 15.9. The third-order valence-corrected chi connectivity index (χ3v) is 2.58. The van der Waals surface area contributed by atoms with Gasteiger partial charge in [-0.1, -0.05) is 25.9 Å². The van der Waals surface area contributed by atoms with Gasteiger partial charge in [0.2, 0.25) is 5.91 Å². The zero-order chi connectivity index (χ0) is 12.0. The molecule has 88 valence electrons. The first kappa shape index (κ1) is 13.7. The van der Waals surface area contributed by atoms with Crippen molar-refractivity contribution < 1.29 is 10.0 Å². The molecule has 0 aromatic carbocycles. The Morgan fingerprint density at radius 2 is 2.00 bits per heavy atom. The molecule has 0 radical (unpaired) electrons. The molecule has 0 aliphatic heterocycles. The predicted octanol–water partition coefficient (Wildman–Crippen LogP) is 0.873. The lowest BCUT2D eigenvalue weighted by atomic mass is 10.1. The fourth-order valence-corrected chi connectivity index (χ4v) is 1.24. The first-order valence-corrected chi connectivity index (χ1v) is 5.16. The third-order valence-electron chi connectivity index (χ3n) is 2.58. The van der Waals surface area contributed by atoms with Crippen molar-refractivity contribution in [2.45, 2.75) is 27.2 Å². The van der Waals surface area contributed by atoms with Crippen molar-refractivity contribution in [1.82, 2.24) is 4.90 Å². The standard InChI is InChI=1S/C10H21N3O2/c1-5-7(2)10(14)13(4)6-8(3)9(11)12-15/h7-8,15H,5-6H2,1-4H3,(H2,11,12). The van der Waals surface area contributed by atoms with Gasteiger partial charge < -0.3 is 15.8 Å². The van der Waals surface area contributed by atoms with E-state index in [-0.39, 0.29) is 23.6 Å². The Morgan fingerprint density at radius 3 is 2.40 bits per heavy atom. The maximum atomic E-state index is 11.7. The van der Waals surface area contributed by atoms with E-state index in [1.54, 1.807) is 11.9 Å². The van der Waals surface area contributed by atoms with Crippen LogP contribution in [0.15, 0.2) is 5.16 Å². The summed E-state index contributed by atoms with van der Waals surface area (Å²) in [6.07, 6.45) is 0.821. The minimum Gasteiger partial charge on any atom is -0.409 e. The maximum absolute atomic E-state index is 11.7. The Morgan fingerprint density at radius 1 is 1.47 bits per heavy atom. The van der Waals surface area contributed by atoms with E-state index in [0.717, 1.165) is 6.42 Å². The van der Waals surface area contributed by atoms with Crippen LogP contribution in [0.2, 0.25) is 0 Å². The second kappa shape index (κ2) is 6.27. The molecule has 2 atom stereocenters. The van der Waals surface area contributed by atoms with Crippen molar-refractivity contribution in [2.75, 3.05) is 13.6 Å². The average molecular weight is 215 g/mol. The van der Waals surface area contributed by atoms with Crippen LogP contribution < -0.4 is 5.73 Å². The topological polar surface area (TPSA) is 78.9 Å². The quantitative estimate of drug-likeness (QED) is 0.309. The summed E-state index contributed by atoms with van der Waals surface area (Å²) in [4.78, 5) is 13.3. The van der Waals surface area contributed by atoms with Gasteiger partial charge in [0.15, 0.2) is 0 Å². The van der Waals surface area contributed by atoms with Gasteiger partial charge in [0, 0.05) is 25.4 Å². The number of carbonyl (C=O) groups is 1. The number of amides is 1. The monoisotopic (exact) mass is 215 g/mol. The molecule has 0 aliphatic rings. The Kier molecular flexibility index (Phi) is 5.74. The van der Waals surface area contributed by atoms with Crippen LogP contribution in [0.5, 0.6) is 0 Å². The van der Waals surface area contributed by atoms with Crippen molar-refractivity contribution in [3.63, 3.8) is 0 Å². The summed E-state index contributed by atoms with van der Waals surface area (Å²) in [6, 6.07) is 0. The smallest absolute Gasteiger partial charge is 0.225 e. The van der Waals surface area contributed by atoms with E-state index >= 15 is 0 Å². The molecular weight excluding hydrogens is 194 g/mol. The number of hydrogen-bond acceptors (Lipinski definition) is 3. The van der Waals surface area contributed by atoms with Gasteiger partial charge in [0.25, 0.3) is 0 Å². The predicted molar refractivity (Wildman–Crippen MR) is 59.7 cm³/mol. The van der Waals surface area contributed by atoms with E-state index in [9.17, 15) is 4.79 Å². The summed E-state index contributed by atoms with van der Waals surface area (Å²) in [6.45, 7) is 6.16. The Labute approximate surface area is 90.9 Å². The molecule has 3 N–H and O–H groups in total. The molecule has 0 rings (SSSR count). The molecule has 1 amide bonds. The van der Waals surface area contributed by atoms with Gasteiger partial charge in [0.1, 0.15) is 5.84 Å². The molecule has 0 saturated carbocycles. The zero-order valence-corrected chi connectivity index (χ0v) is 9.90. The molecule has 5 nitrogen and oxygen atoms in total. The number of hydrogen-bond donors (Lipinski definition) is 2. The SMILES string of the molecule is CCC(C)C(=O)N(C)CC(C)C(N)=NO. The van der Waals surface area contributed by atoms with Gasteiger partial charge in [-0.15, -0.1) is 0 Å². The highest BCUT2D eigenvalue weighted by molar-refractivity contribution is 5.83. The first-order chi connectivity index (χ1) is 6.93. The zero-order valence-electron chi connectivity index (χ0n) is 9.90. The molecule has 0 aromatic heterocycles. The summed E-state index contributed by atoms with van der Waals surface area (Å²) >= 11 is 0. The average Bonchev–Trinajstić information content (AvgIpc) is 2.25. The number of oxime groups is 1. The lowest BCUT2D eigenvalue weighted by molar-refractivity contribution is -0.134. The third kappa shape index (κ3) is 4.18. The lowest BCUT2D eigenvalue weighted by Gasteiger charge is -2.23. The first-order valence-electron chi connectivity index (χ1n) is 5.16. The summed E-state index contributed by atoms with van der Waals surface area (Å²) in [5.41, 5.74) is 5.44. The molecule has 2 unspecified atom stereocenters.